The minimum Gasteiger partial charge on any atom is -0.490 e. The lowest BCUT2D eigenvalue weighted by atomic mass is 10.1. The lowest BCUT2D eigenvalue weighted by Crippen LogP contribution is -2.05. The van der Waals surface area contributed by atoms with Crippen molar-refractivity contribution in [1.82, 2.24) is 0 Å². The van der Waals surface area contributed by atoms with Crippen molar-refractivity contribution in [2.24, 2.45) is 4.99 Å². The number of aliphatic imine (C=N–C) groups is 1. The van der Waals surface area contributed by atoms with Crippen LogP contribution < -0.4 is 9.47 Å². The number of carbonyl (C=O) groups excluding carboxylic acids is 1. The van der Waals surface area contributed by atoms with Crippen LogP contribution in [0.4, 0.5) is 0 Å². The molecule has 0 aliphatic carbocycles. The first-order valence-corrected chi connectivity index (χ1v) is 12.4. The molecule has 0 N–H and O–H groups in total. The number of cyclic esters (lactones) is 1. The SMILES string of the molecule is CCOc1cc(/C=C2\N=C(c3ccc(Cl)c(Cl)c3)OC2=O)cc(I)c1OCc1cccc(Cl)c1. The highest BCUT2D eigenvalue weighted by Gasteiger charge is 2.25. The van der Waals surface area contributed by atoms with Gasteiger partial charge in [-0.1, -0.05) is 46.9 Å². The molecule has 3 aromatic rings. The van der Waals surface area contributed by atoms with Crippen LogP contribution in [-0.2, 0) is 16.1 Å². The zero-order valence-corrected chi connectivity index (χ0v) is 22.2. The average Bonchev–Trinajstić information content (AvgIpc) is 3.15. The van der Waals surface area contributed by atoms with Gasteiger partial charge < -0.3 is 14.2 Å². The number of rotatable bonds is 7. The Bertz CT molecular complexity index is 1320. The molecule has 0 saturated heterocycles. The summed E-state index contributed by atoms with van der Waals surface area (Å²) in [6, 6.07) is 16.1. The molecule has 0 saturated carbocycles. The molecule has 0 aromatic heterocycles. The molecule has 0 fully saturated rings. The fraction of sp³-hybridized carbons (Fsp3) is 0.120. The molecule has 0 radical (unpaired) electrons. The Morgan fingerprint density at radius 2 is 1.85 bits per heavy atom. The zero-order chi connectivity index (χ0) is 24.2. The molecule has 1 heterocycles. The van der Waals surface area contributed by atoms with E-state index in [1.54, 1.807) is 30.3 Å². The number of esters is 1. The summed E-state index contributed by atoms with van der Waals surface area (Å²) in [6.07, 6.45) is 1.64. The number of halogens is 4. The molecule has 0 atom stereocenters. The first kappa shape index (κ1) is 24.9. The maximum Gasteiger partial charge on any atom is 0.363 e. The number of hydrogen-bond donors (Lipinski definition) is 0. The van der Waals surface area contributed by atoms with Gasteiger partial charge in [0.2, 0.25) is 5.90 Å². The maximum absolute atomic E-state index is 12.4. The molecule has 1 aliphatic heterocycles. The molecule has 0 bridgehead atoms. The summed E-state index contributed by atoms with van der Waals surface area (Å²) in [5.74, 6) is 0.772. The third-order valence-corrected chi connectivity index (χ3v) is 6.47. The molecule has 0 amide bonds. The van der Waals surface area contributed by atoms with Gasteiger partial charge in [0.05, 0.1) is 20.2 Å². The van der Waals surface area contributed by atoms with E-state index in [1.807, 2.05) is 37.3 Å². The van der Waals surface area contributed by atoms with Crippen molar-refractivity contribution in [3.63, 3.8) is 0 Å². The molecule has 3 aromatic carbocycles. The monoisotopic (exact) mass is 627 g/mol. The van der Waals surface area contributed by atoms with Crippen LogP contribution in [0.3, 0.4) is 0 Å². The molecule has 9 heteroatoms. The summed E-state index contributed by atoms with van der Waals surface area (Å²) in [4.78, 5) is 16.8. The largest absolute Gasteiger partial charge is 0.490 e. The fourth-order valence-corrected chi connectivity index (χ4v) is 4.47. The minimum atomic E-state index is -0.560. The van der Waals surface area contributed by atoms with E-state index in [2.05, 4.69) is 27.6 Å². The first-order chi connectivity index (χ1) is 16.3. The lowest BCUT2D eigenvalue weighted by Gasteiger charge is -2.15. The Balaban J connectivity index is 1.61. The number of nitrogens with zero attached hydrogens (tertiary/aromatic N) is 1. The van der Waals surface area contributed by atoms with Gasteiger partial charge in [0.25, 0.3) is 0 Å². The summed E-state index contributed by atoms with van der Waals surface area (Å²) in [5.41, 5.74) is 2.37. The second-order valence-corrected chi connectivity index (χ2v) is 9.56. The van der Waals surface area contributed by atoms with E-state index in [4.69, 9.17) is 49.0 Å². The quantitative estimate of drug-likeness (QED) is 0.154. The van der Waals surface area contributed by atoms with Crippen LogP contribution in [0.1, 0.15) is 23.6 Å². The van der Waals surface area contributed by atoms with Gasteiger partial charge in [-0.15, -0.1) is 0 Å². The van der Waals surface area contributed by atoms with Crippen LogP contribution in [0.5, 0.6) is 11.5 Å². The van der Waals surface area contributed by atoms with Crippen molar-refractivity contribution in [3.05, 3.63) is 95.6 Å². The molecular formula is C25H17Cl3INO4. The highest BCUT2D eigenvalue weighted by Crippen LogP contribution is 2.36. The predicted molar refractivity (Wildman–Crippen MR) is 143 cm³/mol. The second-order valence-electron chi connectivity index (χ2n) is 7.15. The molecule has 4 rings (SSSR count). The fourth-order valence-electron chi connectivity index (χ4n) is 3.18. The smallest absolute Gasteiger partial charge is 0.363 e. The van der Waals surface area contributed by atoms with Crippen molar-refractivity contribution in [1.29, 1.82) is 0 Å². The zero-order valence-electron chi connectivity index (χ0n) is 17.8. The third-order valence-electron chi connectivity index (χ3n) is 4.69. The van der Waals surface area contributed by atoms with Gasteiger partial charge >= 0.3 is 5.97 Å². The Morgan fingerprint density at radius 3 is 2.59 bits per heavy atom. The van der Waals surface area contributed by atoms with E-state index in [1.165, 1.54) is 0 Å². The molecule has 0 unspecified atom stereocenters. The van der Waals surface area contributed by atoms with Crippen LogP contribution in [-0.4, -0.2) is 18.5 Å². The van der Waals surface area contributed by atoms with Crippen LogP contribution in [0, 0.1) is 3.57 Å². The van der Waals surface area contributed by atoms with E-state index < -0.39 is 5.97 Å². The Labute approximate surface area is 225 Å². The standard InChI is InChI=1S/C25H17Cl3INO4/c1-2-32-22-11-15(9-20(29)23(22)33-13-14-4-3-5-17(26)8-14)10-21-25(31)34-24(30-21)16-6-7-18(27)19(28)12-16/h3-12H,2,13H2,1H3/b21-10-. The molecule has 1 aliphatic rings. The minimum absolute atomic E-state index is 0.159. The van der Waals surface area contributed by atoms with Crippen molar-refractivity contribution in [3.8, 4) is 11.5 Å². The van der Waals surface area contributed by atoms with E-state index in [-0.39, 0.29) is 11.6 Å². The average molecular weight is 629 g/mol. The van der Waals surface area contributed by atoms with Crippen molar-refractivity contribution in [2.45, 2.75) is 13.5 Å². The summed E-state index contributed by atoms with van der Waals surface area (Å²) in [6.45, 7) is 2.67. The Morgan fingerprint density at radius 1 is 1.03 bits per heavy atom. The number of benzene rings is 3. The van der Waals surface area contributed by atoms with Gasteiger partial charge in [-0.05, 0) is 89.2 Å². The van der Waals surface area contributed by atoms with Crippen molar-refractivity contribution < 1.29 is 19.0 Å². The summed E-state index contributed by atoms with van der Waals surface area (Å²) in [7, 11) is 0. The van der Waals surface area contributed by atoms with E-state index in [0.29, 0.717) is 50.9 Å². The molecule has 0 spiro atoms. The van der Waals surface area contributed by atoms with E-state index in [9.17, 15) is 4.79 Å². The number of carbonyl (C=O) groups is 1. The summed E-state index contributed by atoms with van der Waals surface area (Å²) >= 11 is 20.3. The number of hydrogen-bond acceptors (Lipinski definition) is 5. The number of ether oxygens (including phenoxy) is 3. The normalized spacial score (nSPS) is 14.2. The molecular weight excluding hydrogens is 612 g/mol. The third kappa shape index (κ3) is 5.86. The van der Waals surface area contributed by atoms with Crippen LogP contribution in [0.25, 0.3) is 6.08 Å². The highest BCUT2D eigenvalue weighted by atomic mass is 127. The maximum atomic E-state index is 12.4. The summed E-state index contributed by atoms with van der Waals surface area (Å²) in [5, 5.41) is 1.40. The highest BCUT2D eigenvalue weighted by molar-refractivity contribution is 14.1. The molecule has 5 nitrogen and oxygen atoms in total. The Hall–Kier alpha value is -2.26. The van der Waals surface area contributed by atoms with Gasteiger partial charge in [0.15, 0.2) is 17.2 Å². The van der Waals surface area contributed by atoms with Crippen LogP contribution in [0.2, 0.25) is 15.1 Å². The second kappa shape index (κ2) is 11.0. The van der Waals surface area contributed by atoms with Gasteiger partial charge in [-0.3, -0.25) is 0 Å². The topological polar surface area (TPSA) is 57.1 Å². The Kier molecular flexibility index (Phi) is 8.03. The van der Waals surface area contributed by atoms with Gasteiger partial charge in [0, 0.05) is 10.6 Å². The van der Waals surface area contributed by atoms with Crippen molar-refractivity contribution in [2.75, 3.05) is 6.61 Å². The molecule has 34 heavy (non-hydrogen) atoms. The first-order valence-electron chi connectivity index (χ1n) is 10.2. The van der Waals surface area contributed by atoms with Crippen molar-refractivity contribution >= 4 is 75.3 Å². The van der Waals surface area contributed by atoms with Crippen LogP contribution in [0.15, 0.2) is 65.3 Å². The van der Waals surface area contributed by atoms with Gasteiger partial charge in [0.1, 0.15) is 6.61 Å². The molecule has 174 valence electrons. The van der Waals surface area contributed by atoms with E-state index in [0.717, 1.165) is 9.13 Å². The predicted octanol–water partition coefficient (Wildman–Crippen LogP) is 7.57. The summed E-state index contributed by atoms with van der Waals surface area (Å²) < 4.78 is 18.0. The van der Waals surface area contributed by atoms with E-state index >= 15 is 0 Å². The van der Waals surface area contributed by atoms with Gasteiger partial charge in [-0.25, -0.2) is 9.79 Å². The van der Waals surface area contributed by atoms with Crippen LogP contribution >= 0.6 is 57.4 Å². The lowest BCUT2D eigenvalue weighted by molar-refractivity contribution is -0.129. The van der Waals surface area contributed by atoms with Gasteiger partial charge in [-0.2, -0.15) is 0 Å².